The molecule has 0 bridgehead atoms. The zero-order valence-electron chi connectivity index (χ0n) is 16.6. The Bertz CT molecular complexity index is 997. The summed E-state index contributed by atoms with van der Waals surface area (Å²) in [6.45, 7) is 2.55. The second-order valence-corrected chi connectivity index (χ2v) is 8.05. The fraction of sp³-hybridized carbons (Fsp3) is 0.167. The van der Waals surface area contributed by atoms with E-state index in [2.05, 4.69) is 38.7 Å². The fourth-order valence-corrected chi connectivity index (χ4v) is 3.68. The van der Waals surface area contributed by atoms with Gasteiger partial charge in [-0.05, 0) is 64.4 Å². The summed E-state index contributed by atoms with van der Waals surface area (Å²) in [6.07, 6.45) is 0.815. The Morgan fingerprint density at radius 3 is 2.37 bits per heavy atom. The van der Waals surface area contributed by atoms with Gasteiger partial charge in [-0.15, -0.1) is 0 Å². The topological polar surface area (TPSA) is 50.4 Å². The molecular weight excluding hydrogens is 460 g/mol. The van der Waals surface area contributed by atoms with Crippen molar-refractivity contribution in [1.29, 1.82) is 0 Å². The number of halogens is 1. The SMILES string of the molecule is CC(NC(=S)NC(=O)c1ccc(OCCc2ccccc2)c(Br)c1)c1ccccc1. The van der Waals surface area contributed by atoms with Gasteiger partial charge in [0.1, 0.15) is 5.75 Å². The Kier molecular flexibility index (Phi) is 7.99. The zero-order chi connectivity index (χ0) is 21.3. The minimum absolute atomic E-state index is 0.00822. The first-order valence-electron chi connectivity index (χ1n) is 9.66. The molecule has 0 aliphatic rings. The molecule has 0 heterocycles. The van der Waals surface area contributed by atoms with Crippen LogP contribution in [0.15, 0.2) is 83.3 Å². The van der Waals surface area contributed by atoms with E-state index in [-0.39, 0.29) is 17.1 Å². The van der Waals surface area contributed by atoms with Crippen molar-refractivity contribution in [1.82, 2.24) is 10.6 Å². The predicted molar refractivity (Wildman–Crippen MR) is 128 cm³/mol. The van der Waals surface area contributed by atoms with Crippen molar-refractivity contribution >= 4 is 39.2 Å². The van der Waals surface area contributed by atoms with Crippen LogP contribution >= 0.6 is 28.1 Å². The standard InChI is InChI=1S/C24H23BrN2O2S/c1-17(19-10-6-3-7-11-19)26-24(30)27-23(28)20-12-13-22(21(25)16-20)29-15-14-18-8-4-2-5-9-18/h2-13,16-17H,14-15H2,1H3,(H2,26,27,28,30). The molecule has 0 aliphatic carbocycles. The molecule has 154 valence electrons. The van der Waals surface area contributed by atoms with E-state index in [4.69, 9.17) is 17.0 Å². The van der Waals surface area contributed by atoms with Crippen molar-refractivity contribution in [3.05, 3.63) is 100 Å². The first-order valence-corrected chi connectivity index (χ1v) is 10.9. The average molecular weight is 483 g/mol. The second kappa shape index (κ2) is 10.9. The van der Waals surface area contributed by atoms with E-state index in [1.165, 1.54) is 5.56 Å². The third-order valence-electron chi connectivity index (χ3n) is 4.56. The van der Waals surface area contributed by atoms with E-state index < -0.39 is 0 Å². The molecule has 3 aromatic rings. The highest BCUT2D eigenvalue weighted by molar-refractivity contribution is 9.10. The Labute approximate surface area is 190 Å². The van der Waals surface area contributed by atoms with Crippen LogP contribution in [0.5, 0.6) is 5.75 Å². The largest absolute Gasteiger partial charge is 0.492 e. The van der Waals surface area contributed by atoms with Gasteiger partial charge >= 0.3 is 0 Å². The van der Waals surface area contributed by atoms with Gasteiger partial charge in [-0.3, -0.25) is 10.1 Å². The van der Waals surface area contributed by atoms with E-state index in [1.54, 1.807) is 18.2 Å². The number of ether oxygens (including phenoxy) is 1. The number of hydrogen-bond donors (Lipinski definition) is 2. The van der Waals surface area contributed by atoms with E-state index in [1.807, 2.05) is 55.5 Å². The van der Waals surface area contributed by atoms with Gasteiger partial charge in [0.15, 0.2) is 5.11 Å². The summed E-state index contributed by atoms with van der Waals surface area (Å²) >= 11 is 8.77. The van der Waals surface area contributed by atoms with Crippen molar-refractivity contribution in [2.45, 2.75) is 19.4 Å². The number of amides is 1. The van der Waals surface area contributed by atoms with Crippen LogP contribution in [0.2, 0.25) is 0 Å². The van der Waals surface area contributed by atoms with Gasteiger partial charge in [-0.25, -0.2) is 0 Å². The monoisotopic (exact) mass is 482 g/mol. The van der Waals surface area contributed by atoms with Crippen LogP contribution in [0.3, 0.4) is 0 Å². The van der Waals surface area contributed by atoms with Gasteiger partial charge < -0.3 is 10.1 Å². The number of carbonyl (C=O) groups is 1. The molecule has 0 saturated carbocycles. The molecule has 1 amide bonds. The normalized spacial score (nSPS) is 11.4. The highest BCUT2D eigenvalue weighted by Gasteiger charge is 2.13. The lowest BCUT2D eigenvalue weighted by Gasteiger charge is -2.17. The minimum atomic E-state index is -0.274. The van der Waals surface area contributed by atoms with Crippen molar-refractivity contribution in [2.75, 3.05) is 6.61 Å². The quantitative estimate of drug-likeness (QED) is 0.440. The first kappa shape index (κ1) is 22.0. The maximum Gasteiger partial charge on any atom is 0.257 e. The third kappa shape index (κ3) is 6.40. The van der Waals surface area contributed by atoms with Crippen molar-refractivity contribution in [3.8, 4) is 5.75 Å². The Morgan fingerprint density at radius 1 is 1.03 bits per heavy atom. The van der Waals surface area contributed by atoms with Gasteiger partial charge in [0.2, 0.25) is 0 Å². The van der Waals surface area contributed by atoms with Gasteiger partial charge in [-0.2, -0.15) is 0 Å². The molecule has 6 heteroatoms. The third-order valence-corrected chi connectivity index (χ3v) is 5.40. The van der Waals surface area contributed by atoms with E-state index in [0.29, 0.717) is 17.9 Å². The number of thiocarbonyl (C=S) groups is 1. The van der Waals surface area contributed by atoms with E-state index in [0.717, 1.165) is 16.5 Å². The summed E-state index contributed by atoms with van der Waals surface area (Å²) in [5, 5.41) is 6.15. The molecule has 0 aliphatic heterocycles. The lowest BCUT2D eigenvalue weighted by atomic mass is 10.1. The van der Waals surface area contributed by atoms with Gasteiger partial charge in [0, 0.05) is 12.0 Å². The predicted octanol–water partition coefficient (Wildman–Crippen LogP) is 5.44. The molecule has 0 saturated heterocycles. The summed E-state index contributed by atoms with van der Waals surface area (Å²) in [6, 6.07) is 25.3. The number of nitrogens with one attached hydrogen (secondary N) is 2. The van der Waals surface area contributed by atoms with Crippen LogP contribution in [0.25, 0.3) is 0 Å². The second-order valence-electron chi connectivity index (χ2n) is 6.79. The molecule has 3 aromatic carbocycles. The van der Waals surface area contributed by atoms with Crippen LogP contribution in [0.4, 0.5) is 0 Å². The summed E-state index contributed by atoms with van der Waals surface area (Å²) in [7, 11) is 0. The molecule has 3 rings (SSSR count). The Balaban J connectivity index is 1.52. The number of carbonyl (C=O) groups excluding carboxylic acids is 1. The first-order chi connectivity index (χ1) is 14.5. The highest BCUT2D eigenvalue weighted by Crippen LogP contribution is 2.26. The molecule has 0 spiro atoms. The number of hydrogen-bond acceptors (Lipinski definition) is 3. The molecular formula is C24H23BrN2O2S. The Morgan fingerprint density at radius 2 is 1.70 bits per heavy atom. The van der Waals surface area contributed by atoms with Gasteiger partial charge in [-0.1, -0.05) is 60.7 Å². The molecule has 4 nitrogen and oxygen atoms in total. The smallest absolute Gasteiger partial charge is 0.257 e. The van der Waals surface area contributed by atoms with Gasteiger partial charge in [0.25, 0.3) is 5.91 Å². The minimum Gasteiger partial charge on any atom is -0.492 e. The molecule has 1 unspecified atom stereocenters. The molecule has 0 radical (unpaired) electrons. The summed E-state index contributed by atoms with van der Waals surface area (Å²) < 4.78 is 6.56. The molecule has 2 N–H and O–H groups in total. The summed E-state index contributed by atoms with van der Waals surface area (Å²) in [5.41, 5.74) is 2.80. The molecule has 0 aromatic heterocycles. The van der Waals surface area contributed by atoms with E-state index >= 15 is 0 Å². The van der Waals surface area contributed by atoms with Crippen LogP contribution in [0.1, 0.15) is 34.5 Å². The summed E-state index contributed by atoms with van der Waals surface area (Å²) in [4.78, 5) is 12.5. The van der Waals surface area contributed by atoms with Crippen molar-refractivity contribution < 1.29 is 9.53 Å². The Hall–Kier alpha value is -2.70. The molecule has 30 heavy (non-hydrogen) atoms. The molecule has 0 fully saturated rings. The van der Waals surface area contributed by atoms with Crippen LogP contribution in [-0.2, 0) is 6.42 Å². The van der Waals surface area contributed by atoms with Crippen molar-refractivity contribution in [3.63, 3.8) is 0 Å². The lowest BCUT2D eigenvalue weighted by molar-refractivity contribution is 0.0976. The maximum absolute atomic E-state index is 12.5. The number of rotatable bonds is 7. The summed E-state index contributed by atoms with van der Waals surface area (Å²) in [5.74, 6) is 0.421. The fourth-order valence-electron chi connectivity index (χ4n) is 2.92. The molecule has 1 atom stereocenters. The zero-order valence-corrected chi connectivity index (χ0v) is 19.0. The van der Waals surface area contributed by atoms with Gasteiger partial charge in [0.05, 0.1) is 17.1 Å². The maximum atomic E-state index is 12.5. The van der Waals surface area contributed by atoms with Crippen molar-refractivity contribution in [2.24, 2.45) is 0 Å². The van der Waals surface area contributed by atoms with Crippen LogP contribution in [-0.4, -0.2) is 17.6 Å². The lowest BCUT2D eigenvalue weighted by Crippen LogP contribution is -2.40. The number of benzene rings is 3. The average Bonchev–Trinajstić information content (AvgIpc) is 2.76. The highest BCUT2D eigenvalue weighted by atomic mass is 79.9. The van der Waals surface area contributed by atoms with Crippen LogP contribution in [0, 0.1) is 0 Å². The van der Waals surface area contributed by atoms with Crippen LogP contribution < -0.4 is 15.4 Å². The van der Waals surface area contributed by atoms with E-state index in [9.17, 15) is 4.79 Å².